The van der Waals surface area contributed by atoms with Gasteiger partial charge in [0.25, 0.3) is 0 Å². The summed E-state index contributed by atoms with van der Waals surface area (Å²) in [6, 6.07) is 5.73. The maximum atomic E-state index is 12.1. The first-order valence-corrected chi connectivity index (χ1v) is 8.18. The second-order valence-electron chi connectivity index (χ2n) is 4.15. The minimum absolute atomic E-state index is 0.0585. The van der Waals surface area contributed by atoms with E-state index in [9.17, 15) is 13.2 Å². The van der Waals surface area contributed by atoms with E-state index in [1.807, 2.05) is 19.9 Å². The van der Waals surface area contributed by atoms with E-state index in [4.69, 9.17) is 16.9 Å². The number of hydrogen-bond acceptors (Lipinski definition) is 4. The van der Waals surface area contributed by atoms with Crippen molar-refractivity contribution in [2.24, 2.45) is 0 Å². The summed E-state index contributed by atoms with van der Waals surface area (Å²) in [6.45, 7) is 4.31. The molecule has 1 amide bonds. The standard InChI is InChI=1S/C13H16ClN3O3S/c1-3-17(4-2)13(18)9-16-21(19,20)12-6-5-10(8-15)7-11(12)14/h5-7,16H,3-4,9H2,1-2H3. The molecule has 8 heteroatoms. The van der Waals surface area contributed by atoms with Crippen molar-refractivity contribution in [3.63, 3.8) is 0 Å². The van der Waals surface area contributed by atoms with Crippen LogP contribution in [0.15, 0.2) is 23.1 Å². The predicted molar refractivity (Wildman–Crippen MR) is 79.3 cm³/mol. The fourth-order valence-electron chi connectivity index (χ4n) is 1.71. The minimum atomic E-state index is -3.90. The van der Waals surface area contributed by atoms with Gasteiger partial charge in [-0.2, -0.15) is 5.26 Å². The Hall–Kier alpha value is -1.62. The van der Waals surface area contributed by atoms with Gasteiger partial charge >= 0.3 is 0 Å². The highest BCUT2D eigenvalue weighted by atomic mass is 35.5. The van der Waals surface area contributed by atoms with Crippen LogP contribution in [-0.2, 0) is 14.8 Å². The van der Waals surface area contributed by atoms with Crippen molar-refractivity contribution in [2.45, 2.75) is 18.7 Å². The molecule has 0 saturated carbocycles. The zero-order chi connectivity index (χ0) is 16.0. The summed E-state index contributed by atoms with van der Waals surface area (Å²) < 4.78 is 26.4. The smallest absolute Gasteiger partial charge is 0.242 e. The third-order valence-electron chi connectivity index (χ3n) is 2.88. The van der Waals surface area contributed by atoms with Gasteiger partial charge in [0.15, 0.2) is 0 Å². The van der Waals surface area contributed by atoms with Gasteiger partial charge in [0, 0.05) is 13.1 Å². The van der Waals surface area contributed by atoms with E-state index in [1.54, 1.807) is 0 Å². The second-order valence-corrected chi connectivity index (χ2v) is 6.29. The largest absolute Gasteiger partial charge is 0.342 e. The monoisotopic (exact) mass is 329 g/mol. The van der Waals surface area contributed by atoms with E-state index in [1.165, 1.54) is 23.1 Å². The molecule has 0 fully saturated rings. The lowest BCUT2D eigenvalue weighted by atomic mass is 10.2. The highest BCUT2D eigenvalue weighted by molar-refractivity contribution is 7.89. The molecule has 0 aliphatic rings. The molecule has 0 atom stereocenters. The molecule has 0 bridgehead atoms. The van der Waals surface area contributed by atoms with E-state index in [-0.39, 0.29) is 27.9 Å². The number of halogens is 1. The Labute approximate surface area is 129 Å². The number of carbonyl (C=O) groups excluding carboxylic acids is 1. The van der Waals surface area contributed by atoms with Gasteiger partial charge in [0.1, 0.15) is 4.90 Å². The summed E-state index contributed by atoms with van der Waals surface area (Å²) in [5.41, 5.74) is 0.262. The molecule has 0 unspecified atom stereocenters. The SMILES string of the molecule is CCN(CC)C(=O)CNS(=O)(=O)c1ccc(C#N)cc1Cl. The highest BCUT2D eigenvalue weighted by Crippen LogP contribution is 2.22. The fraction of sp³-hybridized carbons (Fsp3) is 0.385. The zero-order valence-electron chi connectivity index (χ0n) is 11.8. The van der Waals surface area contributed by atoms with Gasteiger partial charge in [-0.3, -0.25) is 4.79 Å². The average Bonchev–Trinajstić information content (AvgIpc) is 2.46. The van der Waals surface area contributed by atoms with Gasteiger partial charge in [0.05, 0.1) is 23.2 Å². The van der Waals surface area contributed by atoms with Crippen LogP contribution >= 0.6 is 11.6 Å². The molecule has 0 heterocycles. The maximum absolute atomic E-state index is 12.1. The topological polar surface area (TPSA) is 90.3 Å². The van der Waals surface area contributed by atoms with E-state index in [0.717, 1.165) is 0 Å². The van der Waals surface area contributed by atoms with Crippen LogP contribution < -0.4 is 4.72 Å². The molecule has 0 saturated heterocycles. The number of carbonyl (C=O) groups is 1. The number of sulfonamides is 1. The summed E-state index contributed by atoms with van der Waals surface area (Å²) in [5, 5.41) is 8.66. The molecule has 1 aromatic rings. The normalized spacial score (nSPS) is 11.0. The number of nitrogens with one attached hydrogen (secondary N) is 1. The van der Waals surface area contributed by atoms with Gasteiger partial charge in [-0.25, -0.2) is 13.1 Å². The fourth-order valence-corrected chi connectivity index (χ4v) is 3.23. The van der Waals surface area contributed by atoms with Crippen molar-refractivity contribution < 1.29 is 13.2 Å². The van der Waals surface area contributed by atoms with Gasteiger partial charge in [-0.05, 0) is 32.0 Å². The number of rotatable bonds is 6. The number of amides is 1. The molecular formula is C13H16ClN3O3S. The summed E-state index contributed by atoms with van der Waals surface area (Å²) in [7, 11) is -3.90. The lowest BCUT2D eigenvalue weighted by molar-refractivity contribution is -0.129. The number of nitrogens with zero attached hydrogens (tertiary/aromatic N) is 2. The van der Waals surface area contributed by atoms with Crippen LogP contribution in [0, 0.1) is 11.3 Å². The number of benzene rings is 1. The average molecular weight is 330 g/mol. The van der Waals surface area contributed by atoms with Crippen LogP contribution in [-0.4, -0.2) is 38.9 Å². The van der Waals surface area contributed by atoms with Crippen LogP contribution in [0.2, 0.25) is 5.02 Å². The lowest BCUT2D eigenvalue weighted by Crippen LogP contribution is -2.40. The van der Waals surface area contributed by atoms with Crippen molar-refractivity contribution in [2.75, 3.05) is 19.6 Å². The molecule has 0 aliphatic carbocycles. The summed E-state index contributed by atoms with van der Waals surface area (Å²) in [4.78, 5) is 13.2. The van der Waals surface area contributed by atoms with E-state index in [0.29, 0.717) is 13.1 Å². The number of hydrogen-bond donors (Lipinski definition) is 1. The van der Waals surface area contributed by atoms with Crippen molar-refractivity contribution in [3.8, 4) is 6.07 Å². The minimum Gasteiger partial charge on any atom is -0.342 e. The molecule has 21 heavy (non-hydrogen) atoms. The van der Waals surface area contributed by atoms with Gasteiger partial charge in [-0.1, -0.05) is 11.6 Å². The van der Waals surface area contributed by atoms with Crippen molar-refractivity contribution in [3.05, 3.63) is 28.8 Å². The third-order valence-corrected chi connectivity index (χ3v) is 4.76. The molecule has 114 valence electrons. The molecule has 1 aromatic carbocycles. The summed E-state index contributed by atoms with van der Waals surface area (Å²) in [5.74, 6) is -0.312. The first-order chi connectivity index (χ1) is 9.85. The second kappa shape index (κ2) is 7.41. The maximum Gasteiger partial charge on any atom is 0.242 e. The molecular weight excluding hydrogens is 314 g/mol. The first kappa shape index (κ1) is 17.4. The first-order valence-electron chi connectivity index (χ1n) is 6.32. The Balaban J connectivity index is 2.88. The van der Waals surface area contributed by atoms with E-state index in [2.05, 4.69) is 4.72 Å². The van der Waals surface area contributed by atoms with Crippen LogP contribution in [0.25, 0.3) is 0 Å². The Morgan fingerprint density at radius 3 is 2.48 bits per heavy atom. The Morgan fingerprint density at radius 1 is 1.38 bits per heavy atom. The van der Waals surface area contributed by atoms with Crippen LogP contribution in [0.4, 0.5) is 0 Å². The Kier molecular flexibility index (Phi) is 6.15. The predicted octanol–water partition coefficient (Wildman–Crippen LogP) is 1.36. The van der Waals surface area contributed by atoms with Gasteiger partial charge in [-0.15, -0.1) is 0 Å². The number of nitriles is 1. The van der Waals surface area contributed by atoms with Crippen LogP contribution in [0.1, 0.15) is 19.4 Å². The molecule has 0 aliphatic heterocycles. The third kappa shape index (κ3) is 4.43. The van der Waals surface area contributed by atoms with Gasteiger partial charge in [0.2, 0.25) is 15.9 Å². The molecule has 6 nitrogen and oxygen atoms in total. The van der Waals surface area contributed by atoms with E-state index >= 15 is 0 Å². The zero-order valence-corrected chi connectivity index (χ0v) is 13.3. The number of likely N-dealkylation sites (N-methyl/N-ethyl adjacent to an activating group) is 1. The van der Waals surface area contributed by atoms with E-state index < -0.39 is 10.0 Å². The Bertz CT molecular complexity index is 664. The molecule has 1 rings (SSSR count). The van der Waals surface area contributed by atoms with Gasteiger partial charge < -0.3 is 4.90 Å². The Morgan fingerprint density at radius 2 is 2.00 bits per heavy atom. The quantitative estimate of drug-likeness (QED) is 0.853. The summed E-state index contributed by atoms with van der Waals surface area (Å²) in [6.07, 6.45) is 0. The van der Waals surface area contributed by atoms with Crippen LogP contribution in [0.3, 0.4) is 0 Å². The molecule has 0 radical (unpaired) electrons. The van der Waals surface area contributed by atoms with Crippen molar-refractivity contribution in [1.82, 2.24) is 9.62 Å². The molecule has 0 aromatic heterocycles. The molecule has 1 N–H and O–H groups in total. The van der Waals surface area contributed by atoms with Crippen molar-refractivity contribution in [1.29, 1.82) is 5.26 Å². The van der Waals surface area contributed by atoms with Crippen LogP contribution in [0.5, 0.6) is 0 Å². The molecule has 0 spiro atoms. The summed E-state index contributed by atoms with van der Waals surface area (Å²) >= 11 is 5.86. The lowest BCUT2D eigenvalue weighted by Gasteiger charge is -2.18. The highest BCUT2D eigenvalue weighted by Gasteiger charge is 2.20. The van der Waals surface area contributed by atoms with Crippen molar-refractivity contribution >= 4 is 27.5 Å².